The molecule has 3 aromatic carbocycles. The van der Waals surface area contributed by atoms with Gasteiger partial charge < -0.3 is 18.9 Å². The Labute approximate surface area is 206 Å². The van der Waals surface area contributed by atoms with Crippen molar-refractivity contribution in [3.8, 4) is 5.75 Å². The summed E-state index contributed by atoms with van der Waals surface area (Å²) in [6, 6.07) is 17.9. The second-order valence-corrected chi connectivity index (χ2v) is 8.56. The van der Waals surface area contributed by atoms with E-state index in [2.05, 4.69) is 12.2 Å². The number of halogens is 1. The first kappa shape index (κ1) is 22.7. The molecule has 5 aromatic rings. The normalized spacial score (nSPS) is 11.2. The van der Waals surface area contributed by atoms with E-state index in [-0.39, 0.29) is 18.1 Å². The van der Waals surface area contributed by atoms with Crippen molar-refractivity contribution in [2.75, 3.05) is 12.4 Å². The van der Waals surface area contributed by atoms with Gasteiger partial charge in [-0.25, -0.2) is 0 Å². The molecule has 0 bridgehead atoms. The number of ketones is 1. The summed E-state index contributed by atoms with van der Waals surface area (Å²) < 4.78 is 16.7. The molecule has 176 valence electrons. The highest BCUT2D eigenvalue weighted by Gasteiger charge is 2.24. The molecule has 5 rings (SSSR count). The molecule has 0 unspecified atom stereocenters. The Morgan fingerprint density at radius 2 is 1.83 bits per heavy atom. The van der Waals surface area contributed by atoms with Gasteiger partial charge in [-0.2, -0.15) is 0 Å². The lowest BCUT2D eigenvalue weighted by molar-refractivity contribution is -0.115. The highest BCUT2D eigenvalue weighted by atomic mass is 35.5. The number of amides is 1. The lowest BCUT2D eigenvalue weighted by Gasteiger charge is -2.07. The van der Waals surface area contributed by atoms with Gasteiger partial charge in [-0.05, 0) is 54.4 Å². The molecule has 0 saturated carbocycles. The fourth-order valence-electron chi connectivity index (χ4n) is 4.11. The predicted molar refractivity (Wildman–Crippen MR) is 136 cm³/mol. The molecule has 2 aromatic heterocycles. The van der Waals surface area contributed by atoms with Crippen molar-refractivity contribution in [3.05, 3.63) is 94.4 Å². The molecule has 0 radical (unpaired) electrons. The van der Waals surface area contributed by atoms with Crippen molar-refractivity contribution < 1.29 is 23.2 Å². The van der Waals surface area contributed by atoms with E-state index in [4.69, 9.17) is 25.2 Å². The molecular formula is C28H22ClNO5. The van der Waals surface area contributed by atoms with Gasteiger partial charge in [0.1, 0.15) is 16.9 Å². The van der Waals surface area contributed by atoms with Gasteiger partial charge in [0, 0.05) is 21.9 Å². The van der Waals surface area contributed by atoms with Gasteiger partial charge >= 0.3 is 0 Å². The van der Waals surface area contributed by atoms with Crippen molar-refractivity contribution in [1.82, 2.24) is 0 Å². The van der Waals surface area contributed by atoms with Crippen molar-refractivity contribution in [2.24, 2.45) is 0 Å². The molecule has 1 N–H and O–H groups in total. The summed E-state index contributed by atoms with van der Waals surface area (Å²) >= 11 is 6.23. The van der Waals surface area contributed by atoms with E-state index < -0.39 is 5.78 Å². The molecule has 0 aliphatic carbocycles. The van der Waals surface area contributed by atoms with E-state index >= 15 is 0 Å². The number of nitrogens with one attached hydrogen (secondary N) is 1. The number of methoxy groups -OCH3 is 1. The van der Waals surface area contributed by atoms with Crippen LogP contribution in [-0.4, -0.2) is 18.8 Å². The maximum absolute atomic E-state index is 13.4. The minimum Gasteiger partial charge on any atom is -0.495 e. The fourth-order valence-corrected chi connectivity index (χ4v) is 4.37. The second-order valence-electron chi connectivity index (χ2n) is 8.15. The molecule has 0 aliphatic heterocycles. The van der Waals surface area contributed by atoms with Crippen LogP contribution < -0.4 is 10.1 Å². The van der Waals surface area contributed by atoms with Crippen LogP contribution in [0.15, 0.2) is 75.8 Å². The van der Waals surface area contributed by atoms with Crippen LogP contribution in [0.3, 0.4) is 0 Å². The van der Waals surface area contributed by atoms with Gasteiger partial charge in [-0.3, -0.25) is 9.59 Å². The average Bonchev–Trinajstić information content (AvgIpc) is 3.44. The van der Waals surface area contributed by atoms with Crippen LogP contribution in [0.4, 0.5) is 5.69 Å². The molecular weight excluding hydrogens is 466 g/mol. The number of anilines is 1. The Morgan fingerprint density at radius 3 is 2.60 bits per heavy atom. The summed E-state index contributed by atoms with van der Waals surface area (Å²) in [5.41, 5.74) is 3.80. The number of ether oxygens (including phenoxy) is 1. The van der Waals surface area contributed by atoms with Crippen molar-refractivity contribution >= 4 is 50.9 Å². The molecule has 0 fully saturated rings. The fraction of sp³-hybridized carbons (Fsp3) is 0.143. The summed E-state index contributed by atoms with van der Waals surface area (Å²) in [7, 11) is 1.50. The van der Waals surface area contributed by atoms with E-state index in [9.17, 15) is 9.59 Å². The Morgan fingerprint density at radius 1 is 1.00 bits per heavy atom. The summed E-state index contributed by atoms with van der Waals surface area (Å²) in [6.45, 7) is 2.08. The molecule has 7 heteroatoms. The van der Waals surface area contributed by atoms with Crippen LogP contribution in [-0.2, 0) is 17.6 Å². The Hall–Kier alpha value is -4.03. The first-order chi connectivity index (χ1) is 17.0. The zero-order chi connectivity index (χ0) is 24.5. The highest BCUT2D eigenvalue weighted by Crippen LogP contribution is 2.34. The maximum atomic E-state index is 13.4. The van der Waals surface area contributed by atoms with Crippen molar-refractivity contribution in [2.45, 2.75) is 19.8 Å². The largest absolute Gasteiger partial charge is 0.495 e. The summed E-state index contributed by atoms with van der Waals surface area (Å²) in [4.78, 5) is 26.5. The van der Waals surface area contributed by atoms with Gasteiger partial charge in [0.2, 0.25) is 11.7 Å². The predicted octanol–water partition coefficient (Wildman–Crippen LogP) is 6.82. The molecule has 6 nitrogen and oxygen atoms in total. The molecule has 0 saturated heterocycles. The number of fused-ring (bicyclic) bond motifs is 2. The molecule has 2 heterocycles. The number of hydrogen-bond donors (Lipinski definition) is 1. The van der Waals surface area contributed by atoms with E-state index in [0.29, 0.717) is 33.0 Å². The van der Waals surface area contributed by atoms with Gasteiger partial charge in [0.25, 0.3) is 0 Å². The number of benzene rings is 3. The third-order valence-electron chi connectivity index (χ3n) is 5.96. The Balaban J connectivity index is 1.48. The molecule has 35 heavy (non-hydrogen) atoms. The van der Waals surface area contributed by atoms with Gasteiger partial charge in [-0.1, -0.05) is 36.7 Å². The monoisotopic (exact) mass is 487 g/mol. The number of carbonyl (C=O) groups is 2. The lowest BCUT2D eigenvalue weighted by atomic mass is 10.0. The highest BCUT2D eigenvalue weighted by molar-refractivity contribution is 6.32. The van der Waals surface area contributed by atoms with Crippen LogP contribution >= 0.6 is 11.6 Å². The van der Waals surface area contributed by atoms with E-state index in [1.54, 1.807) is 36.6 Å². The summed E-state index contributed by atoms with van der Waals surface area (Å²) in [6.07, 6.45) is 2.57. The van der Waals surface area contributed by atoms with Crippen LogP contribution in [0.5, 0.6) is 5.75 Å². The topological polar surface area (TPSA) is 81.7 Å². The standard InChI is InChI=1S/C28H22ClNO5/c1-3-16-8-10-22-20(12-16)18(15-34-22)14-25(31)30-26-19-6-4-5-7-23(19)35-28(26)27(32)17-9-11-24(33-2)21(29)13-17/h4-13,15H,3,14H2,1-2H3,(H,30,31). The lowest BCUT2D eigenvalue weighted by Crippen LogP contribution is -2.16. The van der Waals surface area contributed by atoms with Crippen LogP contribution in [0, 0.1) is 0 Å². The van der Waals surface area contributed by atoms with Crippen LogP contribution in [0.1, 0.15) is 34.2 Å². The zero-order valence-electron chi connectivity index (χ0n) is 19.2. The Bertz CT molecular complexity index is 1580. The van der Waals surface area contributed by atoms with Gasteiger partial charge in [-0.15, -0.1) is 0 Å². The van der Waals surface area contributed by atoms with Crippen LogP contribution in [0.2, 0.25) is 5.02 Å². The third-order valence-corrected chi connectivity index (χ3v) is 6.25. The third kappa shape index (κ3) is 4.29. The van der Waals surface area contributed by atoms with E-state index in [1.807, 2.05) is 24.3 Å². The maximum Gasteiger partial charge on any atom is 0.230 e. The number of rotatable bonds is 7. The minimum atomic E-state index is -0.401. The first-order valence-electron chi connectivity index (χ1n) is 11.2. The van der Waals surface area contributed by atoms with E-state index in [1.165, 1.54) is 13.2 Å². The molecule has 1 amide bonds. The van der Waals surface area contributed by atoms with Crippen LogP contribution in [0.25, 0.3) is 21.9 Å². The van der Waals surface area contributed by atoms with Gasteiger partial charge in [0.05, 0.1) is 30.5 Å². The number of aryl methyl sites for hydroxylation is 1. The quantitative estimate of drug-likeness (QED) is 0.255. The van der Waals surface area contributed by atoms with Crippen molar-refractivity contribution in [1.29, 1.82) is 0 Å². The molecule has 0 spiro atoms. The number of carbonyl (C=O) groups excluding carboxylic acids is 2. The number of hydrogen-bond acceptors (Lipinski definition) is 5. The summed E-state index contributed by atoms with van der Waals surface area (Å²) in [5, 5.41) is 4.74. The zero-order valence-corrected chi connectivity index (χ0v) is 19.9. The van der Waals surface area contributed by atoms with E-state index in [0.717, 1.165) is 28.5 Å². The Kier molecular flexibility index (Phi) is 6.05. The second kappa shape index (κ2) is 9.31. The molecule has 0 atom stereocenters. The number of furan rings is 2. The smallest absolute Gasteiger partial charge is 0.230 e. The number of para-hydroxylation sites is 1. The average molecular weight is 488 g/mol. The van der Waals surface area contributed by atoms with Crippen molar-refractivity contribution in [3.63, 3.8) is 0 Å². The SMILES string of the molecule is CCc1ccc2occ(CC(=O)Nc3c(C(=O)c4ccc(OC)c(Cl)c4)oc4ccccc34)c2c1. The summed E-state index contributed by atoms with van der Waals surface area (Å²) in [5.74, 6) is -0.198. The van der Waals surface area contributed by atoms with Gasteiger partial charge in [0.15, 0.2) is 5.76 Å². The molecule has 0 aliphatic rings. The minimum absolute atomic E-state index is 0.0334. The first-order valence-corrected chi connectivity index (χ1v) is 11.5.